The predicted molar refractivity (Wildman–Crippen MR) is 79.6 cm³/mol. The van der Waals surface area contributed by atoms with Crippen molar-refractivity contribution in [2.45, 2.75) is 19.3 Å². The molecule has 1 aromatic rings. The van der Waals surface area contributed by atoms with Crippen LogP contribution in [0.4, 0.5) is 0 Å². The molecule has 0 aromatic heterocycles. The number of carboxylic acid groups (broad SMARTS) is 1. The van der Waals surface area contributed by atoms with E-state index in [0.717, 1.165) is 12.8 Å². The van der Waals surface area contributed by atoms with Gasteiger partial charge in [0.1, 0.15) is 11.3 Å². The molecule has 0 unspecified atom stereocenters. The van der Waals surface area contributed by atoms with Gasteiger partial charge in [0.15, 0.2) is 0 Å². The number of hydrogen-bond donors (Lipinski definition) is 1. The predicted octanol–water partition coefficient (Wildman–Crippen LogP) is 1.95. The third-order valence-corrected chi connectivity index (χ3v) is 3.46. The van der Waals surface area contributed by atoms with Crippen molar-refractivity contribution in [3.05, 3.63) is 35.4 Å². The molecule has 1 aliphatic heterocycles. The molecule has 0 spiro atoms. The number of amides is 2. The maximum absolute atomic E-state index is 12.0. The second-order valence-corrected chi connectivity index (χ2v) is 4.94. The topological polar surface area (TPSA) is 83.9 Å². The fraction of sp³-hybridized carbons (Fsp3) is 0.312. The molecule has 0 aliphatic carbocycles. The van der Waals surface area contributed by atoms with Crippen LogP contribution in [0.3, 0.4) is 0 Å². The average molecular weight is 303 g/mol. The highest BCUT2D eigenvalue weighted by atomic mass is 16.5. The van der Waals surface area contributed by atoms with Gasteiger partial charge in [-0.3, -0.25) is 14.5 Å². The van der Waals surface area contributed by atoms with Gasteiger partial charge in [0.2, 0.25) is 5.91 Å². The summed E-state index contributed by atoms with van der Waals surface area (Å²) < 4.78 is 4.97. The molecule has 6 nitrogen and oxygen atoms in total. The lowest BCUT2D eigenvalue weighted by Gasteiger charge is -2.23. The molecule has 1 heterocycles. The van der Waals surface area contributed by atoms with Crippen LogP contribution in [-0.2, 0) is 9.59 Å². The largest absolute Gasteiger partial charge is 0.496 e. The highest BCUT2D eigenvalue weighted by molar-refractivity contribution is 6.03. The normalized spacial score (nSPS) is 15.1. The molecule has 2 rings (SSSR count). The maximum atomic E-state index is 12.0. The highest BCUT2D eigenvalue weighted by Crippen LogP contribution is 2.20. The van der Waals surface area contributed by atoms with Crippen LogP contribution in [0.15, 0.2) is 24.3 Å². The van der Waals surface area contributed by atoms with Crippen LogP contribution in [-0.4, -0.2) is 41.4 Å². The van der Waals surface area contributed by atoms with Crippen molar-refractivity contribution >= 4 is 23.9 Å². The SMILES string of the molecule is COc1ccc(/C=C/C(=O)N2CCCCC2=O)cc1C(=O)O. The van der Waals surface area contributed by atoms with E-state index in [2.05, 4.69) is 0 Å². The fourth-order valence-electron chi connectivity index (χ4n) is 2.29. The van der Waals surface area contributed by atoms with Crippen LogP contribution in [0.5, 0.6) is 5.75 Å². The number of carbonyl (C=O) groups is 3. The van der Waals surface area contributed by atoms with Crippen molar-refractivity contribution in [1.29, 1.82) is 0 Å². The molecule has 0 atom stereocenters. The van der Waals surface area contributed by atoms with Crippen molar-refractivity contribution in [2.24, 2.45) is 0 Å². The van der Waals surface area contributed by atoms with E-state index in [-0.39, 0.29) is 23.1 Å². The van der Waals surface area contributed by atoms with E-state index in [9.17, 15) is 14.4 Å². The van der Waals surface area contributed by atoms with Crippen molar-refractivity contribution in [2.75, 3.05) is 13.7 Å². The van der Waals surface area contributed by atoms with Crippen molar-refractivity contribution in [3.63, 3.8) is 0 Å². The second-order valence-electron chi connectivity index (χ2n) is 4.94. The highest BCUT2D eigenvalue weighted by Gasteiger charge is 2.22. The van der Waals surface area contributed by atoms with Gasteiger partial charge < -0.3 is 9.84 Å². The van der Waals surface area contributed by atoms with E-state index in [0.29, 0.717) is 18.5 Å². The van der Waals surface area contributed by atoms with Gasteiger partial charge in [0.25, 0.3) is 5.91 Å². The summed E-state index contributed by atoms with van der Waals surface area (Å²) in [4.78, 5) is 36.0. The number of likely N-dealkylation sites (tertiary alicyclic amines) is 1. The molecular formula is C16H17NO5. The number of aromatic carboxylic acids is 1. The molecule has 22 heavy (non-hydrogen) atoms. The molecule has 1 saturated heterocycles. The third-order valence-electron chi connectivity index (χ3n) is 3.46. The molecule has 6 heteroatoms. The lowest BCUT2D eigenvalue weighted by atomic mass is 10.1. The summed E-state index contributed by atoms with van der Waals surface area (Å²) in [6.45, 7) is 0.436. The Morgan fingerprint density at radius 3 is 2.73 bits per heavy atom. The number of methoxy groups -OCH3 is 1. The Bertz CT molecular complexity index is 635. The first-order valence-corrected chi connectivity index (χ1v) is 6.96. The minimum Gasteiger partial charge on any atom is -0.496 e. The Kier molecular flexibility index (Phi) is 4.93. The molecule has 1 aliphatic rings. The van der Waals surface area contributed by atoms with Crippen molar-refractivity contribution in [1.82, 2.24) is 4.90 Å². The van der Waals surface area contributed by atoms with Gasteiger partial charge in [-0.1, -0.05) is 6.07 Å². The molecule has 2 amide bonds. The number of benzene rings is 1. The van der Waals surface area contributed by atoms with Gasteiger partial charge in [-0.15, -0.1) is 0 Å². The smallest absolute Gasteiger partial charge is 0.339 e. The Morgan fingerprint density at radius 2 is 2.09 bits per heavy atom. The first-order chi connectivity index (χ1) is 10.5. The molecule has 116 valence electrons. The molecule has 0 saturated carbocycles. The van der Waals surface area contributed by atoms with E-state index in [1.807, 2.05) is 0 Å². The number of nitrogens with zero attached hydrogens (tertiary/aromatic N) is 1. The van der Waals surface area contributed by atoms with Gasteiger partial charge in [0.05, 0.1) is 7.11 Å². The number of carbonyl (C=O) groups excluding carboxylic acids is 2. The molecular weight excluding hydrogens is 286 g/mol. The molecule has 0 radical (unpaired) electrons. The van der Waals surface area contributed by atoms with Crippen LogP contribution in [0.25, 0.3) is 6.08 Å². The number of ether oxygens (including phenoxy) is 1. The summed E-state index contributed by atoms with van der Waals surface area (Å²) >= 11 is 0. The summed E-state index contributed by atoms with van der Waals surface area (Å²) in [5.74, 6) is -1.40. The van der Waals surface area contributed by atoms with Gasteiger partial charge >= 0.3 is 5.97 Å². The quantitative estimate of drug-likeness (QED) is 0.859. The maximum Gasteiger partial charge on any atom is 0.339 e. The van der Waals surface area contributed by atoms with Crippen LogP contribution in [0, 0.1) is 0 Å². The van der Waals surface area contributed by atoms with Gasteiger partial charge in [-0.2, -0.15) is 0 Å². The summed E-state index contributed by atoms with van der Waals surface area (Å²) in [5, 5.41) is 9.11. The zero-order valence-corrected chi connectivity index (χ0v) is 12.2. The Balaban J connectivity index is 2.15. The van der Waals surface area contributed by atoms with Crippen LogP contribution in [0.1, 0.15) is 35.2 Å². The van der Waals surface area contributed by atoms with E-state index in [1.54, 1.807) is 6.07 Å². The lowest BCUT2D eigenvalue weighted by Crippen LogP contribution is -2.39. The first-order valence-electron chi connectivity index (χ1n) is 6.96. The summed E-state index contributed by atoms with van der Waals surface area (Å²) in [7, 11) is 1.39. The van der Waals surface area contributed by atoms with E-state index >= 15 is 0 Å². The Hall–Kier alpha value is -2.63. The van der Waals surface area contributed by atoms with Gasteiger partial charge in [-0.25, -0.2) is 4.79 Å². The standard InChI is InChI=1S/C16H17NO5/c1-22-13-7-5-11(10-12(13)16(20)21)6-8-15(19)17-9-3-2-4-14(17)18/h5-8,10H,2-4,9H2,1H3,(H,20,21)/b8-6+. The van der Waals surface area contributed by atoms with Gasteiger partial charge in [-0.05, 0) is 36.6 Å². The summed E-state index contributed by atoms with van der Waals surface area (Å²) in [6.07, 6.45) is 4.81. The van der Waals surface area contributed by atoms with Crippen molar-refractivity contribution in [3.8, 4) is 5.75 Å². The first kappa shape index (κ1) is 15.8. The molecule has 1 aromatic carbocycles. The van der Waals surface area contributed by atoms with Crippen molar-refractivity contribution < 1.29 is 24.2 Å². The minimum absolute atomic E-state index is 0.0196. The number of carboxylic acids is 1. The monoisotopic (exact) mass is 303 g/mol. The molecule has 1 N–H and O–H groups in total. The number of rotatable bonds is 4. The average Bonchev–Trinajstić information content (AvgIpc) is 2.52. The van der Waals surface area contributed by atoms with Crippen LogP contribution in [0.2, 0.25) is 0 Å². The zero-order chi connectivity index (χ0) is 16.1. The fourth-order valence-corrected chi connectivity index (χ4v) is 2.29. The van der Waals surface area contributed by atoms with Gasteiger partial charge in [0, 0.05) is 19.0 Å². The Morgan fingerprint density at radius 1 is 1.32 bits per heavy atom. The lowest BCUT2D eigenvalue weighted by molar-refractivity contribution is -0.143. The molecule has 0 bridgehead atoms. The number of piperidine rings is 1. The van der Waals surface area contributed by atoms with Crippen LogP contribution < -0.4 is 4.74 Å². The zero-order valence-electron chi connectivity index (χ0n) is 12.2. The van der Waals surface area contributed by atoms with E-state index < -0.39 is 5.97 Å². The summed E-state index contributed by atoms with van der Waals surface area (Å²) in [6, 6.07) is 4.59. The van der Waals surface area contributed by atoms with E-state index in [1.165, 1.54) is 36.3 Å². The van der Waals surface area contributed by atoms with E-state index in [4.69, 9.17) is 9.84 Å². The summed E-state index contributed by atoms with van der Waals surface area (Å²) in [5.41, 5.74) is 0.571. The van der Waals surface area contributed by atoms with Crippen LogP contribution >= 0.6 is 0 Å². The number of hydrogen-bond acceptors (Lipinski definition) is 4. The molecule has 1 fully saturated rings. The Labute approximate surface area is 128 Å². The number of imide groups is 1. The third kappa shape index (κ3) is 3.52. The second kappa shape index (κ2) is 6.89. The minimum atomic E-state index is -1.11.